The Morgan fingerprint density at radius 3 is 2.17 bits per heavy atom. The van der Waals surface area contributed by atoms with E-state index in [-0.39, 0.29) is 0 Å². The monoisotopic (exact) mass is 314 g/mol. The predicted octanol–water partition coefficient (Wildman–Crippen LogP) is 3.78. The highest BCUT2D eigenvalue weighted by Gasteiger charge is 2.29. The summed E-state index contributed by atoms with van der Waals surface area (Å²) < 4.78 is 6.57. The van der Waals surface area contributed by atoms with Gasteiger partial charge in [0.25, 0.3) is 0 Å². The van der Waals surface area contributed by atoms with Crippen LogP contribution in [0.5, 0.6) is 5.75 Å². The van der Waals surface area contributed by atoms with Crippen LogP contribution in [-0.2, 0) is 0 Å². The van der Waals surface area contributed by atoms with E-state index in [2.05, 4.69) is 38.1 Å². The summed E-state index contributed by atoms with van der Waals surface area (Å²) in [4.78, 5) is 0. The molecule has 0 radical (unpaired) electrons. The van der Waals surface area contributed by atoms with E-state index in [9.17, 15) is 5.11 Å². The van der Waals surface area contributed by atoms with Gasteiger partial charge in [-0.25, -0.2) is 0 Å². The molecule has 0 spiro atoms. The second-order valence-electron chi connectivity index (χ2n) is 6.03. The Labute approximate surface area is 139 Å². The van der Waals surface area contributed by atoms with Gasteiger partial charge < -0.3 is 9.84 Å². The van der Waals surface area contributed by atoms with Gasteiger partial charge in [0.15, 0.2) is 0 Å². The maximum absolute atomic E-state index is 10.5. The van der Waals surface area contributed by atoms with Gasteiger partial charge in [0.1, 0.15) is 30.7 Å². The number of hydrogen-bond acceptors (Lipinski definition) is 2. The largest absolute Gasteiger partial charge is 0.490 e. The lowest BCUT2D eigenvalue weighted by atomic mass is 10.2. The molecule has 1 atom stereocenters. The molecule has 0 aliphatic heterocycles. The molecule has 2 aromatic rings. The van der Waals surface area contributed by atoms with Crippen molar-refractivity contribution >= 4 is 5.69 Å². The Balaban J connectivity index is 2.04. The molecule has 0 fully saturated rings. The van der Waals surface area contributed by atoms with Crippen molar-refractivity contribution in [3.8, 4) is 5.75 Å². The lowest BCUT2D eigenvalue weighted by Crippen LogP contribution is -2.54. The van der Waals surface area contributed by atoms with Crippen LogP contribution in [0.4, 0.5) is 5.69 Å². The SMILES string of the molecule is CC[N+](CC)(CC(O)COc1ccccc1C)c1ccccc1. The third-order valence-electron chi connectivity index (χ3n) is 4.60. The van der Waals surface area contributed by atoms with Crippen LogP contribution < -0.4 is 9.22 Å². The van der Waals surface area contributed by atoms with Crippen LogP contribution in [0.15, 0.2) is 54.6 Å². The number of benzene rings is 2. The van der Waals surface area contributed by atoms with Crippen molar-refractivity contribution < 1.29 is 9.84 Å². The van der Waals surface area contributed by atoms with E-state index in [4.69, 9.17) is 4.74 Å². The number of aliphatic hydroxyl groups is 1. The molecule has 0 aromatic heterocycles. The summed E-state index contributed by atoms with van der Waals surface area (Å²) in [6.07, 6.45) is -0.505. The van der Waals surface area contributed by atoms with Crippen molar-refractivity contribution in [2.45, 2.75) is 26.9 Å². The molecular weight excluding hydrogens is 286 g/mol. The molecule has 1 unspecified atom stereocenters. The van der Waals surface area contributed by atoms with E-state index in [1.165, 1.54) is 5.69 Å². The van der Waals surface area contributed by atoms with Crippen LogP contribution in [0, 0.1) is 6.92 Å². The molecule has 0 amide bonds. The highest BCUT2D eigenvalue weighted by molar-refractivity contribution is 5.42. The zero-order valence-corrected chi connectivity index (χ0v) is 14.4. The van der Waals surface area contributed by atoms with Crippen LogP contribution in [0.3, 0.4) is 0 Å². The summed E-state index contributed by atoms with van der Waals surface area (Å²) in [6, 6.07) is 18.3. The fraction of sp³-hybridized carbons (Fsp3) is 0.400. The first-order valence-corrected chi connectivity index (χ1v) is 8.39. The average Bonchev–Trinajstić information content (AvgIpc) is 2.60. The van der Waals surface area contributed by atoms with Gasteiger partial charge in [-0.05, 0) is 44.5 Å². The molecule has 124 valence electrons. The van der Waals surface area contributed by atoms with Crippen molar-refractivity contribution in [2.24, 2.45) is 0 Å². The third kappa shape index (κ3) is 4.34. The molecule has 0 aliphatic carbocycles. The standard InChI is InChI=1S/C20H28NO2/c1-4-21(5-2,18-12-7-6-8-13-18)15-19(22)16-23-20-14-10-9-11-17(20)3/h6-14,19,22H,4-5,15-16H2,1-3H3/q+1. The van der Waals surface area contributed by atoms with E-state index in [1.807, 2.05) is 37.3 Å². The smallest absolute Gasteiger partial charge is 0.137 e. The highest BCUT2D eigenvalue weighted by atomic mass is 16.5. The fourth-order valence-electron chi connectivity index (χ4n) is 3.06. The number of quaternary nitrogens is 1. The number of rotatable bonds is 8. The third-order valence-corrected chi connectivity index (χ3v) is 4.60. The molecule has 0 aliphatic rings. The number of likely N-dealkylation sites (N-methyl/N-ethyl adjacent to an activating group) is 1. The van der Waals surface area contributed by atoms with Crippen molar-refractivity contribution in [2.75, 3.05) is 26.2 Å². The number of para-hydroxylation sites is 2. The Kier molecular flexibility index (Phi) is 6.20. The molecule has 0 saturated heterocycles. The Morgan fingerprint density at radius 1 is 0.957 bits per heavy atom. The molecule has 0 bridgehead atoms. The molecular formula is C20H28NO2+. The lowest BCUT2D eigenvalue weighted by Gasteiger charge is -2.37. The Bertz CT molecular complexity index is 594. The van der Waals surface area contributed by atoms with Gasteiger partial charge in [0.2, 0.25) is 0 Å². The number of hydrogen-bond donors (Lipinski definition) is 1. The minimum absolute atomic E-state index is 0.317. The van der Waals surface area contributed by atoms with Gasteiger partial charge in [0, 0.05) is 0 Å². The first-order chi connectivity index (χ1) is 11.1. The number of aryl methyl sites for hydroxylation is 1. The summed E-state index contributed by atoms with van der Waals surface area (Å²) in [7, 11) is 0. The Morgan fingerprint density at radius 2 is 1.57 bits per heavy atom. The minimum Gasteiger partial charge on any atom is -0.490 e. The van der Waals surface area contributed by atoms with Crippen molar-refractivity contribution in [1.29, 1.82) is 0 Å². The molecule has 1 N–H and O–H groups in total. The van der Waals surface area contributed by atoms with E-state index < -0.39 is 6.10 Å². The van der Waals surface area contributed by atoms with Gasteiger partial charge in [-0.3, -0.25) is 4.48 Å². The zero-order chi connectivity index (χ0) is 16.7. The number of nitrogens with zero attached hydrogens (tertiary/aromatic N) is 1. The number of aliphatic hydroxyl groups excluding tert-OH is 1. The van der Waals surface area contributed by atoms with Gasteiger partial charge >= 0.3 is 0 Å². The van der Waals surface area contributed by atoms with Crippen LogP contribution in [0.25, 0.3) is 0 Å². The first kappa shape index (κ1) is 17.5. The van der Waals surface area contributed by atoms with Crippen molar-refractivity contribution in [3.05, 3.63) is 60.2 Å². The summed E-state index contributed by atoms with van der Waals surface area (Å²) in [5.41, 5.74) is 2.34. The highest BCUT2D eigenvalue weighted by Crippen LogP contribution is 2.23. The maximum Gasteiger partial charge on any atom is 0.137 e. The molecule has 2 rings (SSSR count). The molecule has 3 heteroatoms. The van der Waals surface area contributed by atoms with E-state index >= 15 is 0 Å². The van der Waals surface area contributed by atoms with Crippen LogP contribution in [-0.4, -0.2) is 37.5 Å². The van der Waals surface area contributed by atoms with E-state index in [1.54, 1.807) is 0 Å². The second-order valence-corrected chi connectivity index (χ2v) is 6.03. The van der Waals surface area contributed by atoms with Gasteiger partial charge in [0.05, 0.1) is 13.1 Å². The predicted molar refractivity (Wildman–Crippen MR) is 96.9 cm³/mol. The summed E-state index contributed by atoms with van der Waals surface area (Å²) in [5.74, 6) is 0.845. The molecule has 0 heterocycles. The molecule has 3 nitrogen and oxygen atoms in total. The first-order valence-electron chi connectivity index (χ1n) is 8.39. The zero-order valence-electron chi connectivity index (χ0n) is 14.4. The fourth-order valence-corrected chi connectivity index (χ4v) is 3.06. The molecule has 23 heavy (non-hydrogen) atoms. The molecule has 2 aromatic carbocycles. The van der Waals surface area contributed by atoms with Gasteiger partial charge in [-0.1, -0.05) is 36.4 Å². The van der Waals surface area contributed by atoms with Crippen molar-refractivity contribution in [1.82, 2.24) is 4.48 Å². The summed E-state index contributed by atoms with van der Waals surface area (Å²) >= 11 is 0. The molecule has 0 saturated carbocycles. The normalized spacial score (nSPS) is 12.9. The van der Waals surface area contributed by atoms with E-state index in [0.717, 1.165) is 28.9 Å². The Hall–Kier alpha value is -1.84. The van der Waals surface area contributed by atoms with Crippen LogP contribution >= 0.6 is 0 Å². The second kappa shape index (κ2) is 8.14. The summed E-state index contributed by atoms with van der Waals surface area (Å²) in [5, 5.41) is 10.5. The van der Waals surface area contributed by atoms with Crippen molar-refractivity contribution in [3.63, 3.8) is 0 Å². The lowest BCUT2D eigenvalue weighted by molar-refractivity contribution is 0.0728. The quantitative estimate of drug-likeness (QED) is 0.751. The van der Waals surface area contributed by atoms with E-state index in [0.29, 0.717) is 13.2 Å². The summed E-state index contributed by atoms with van der Waals surface area (Å²) in [6.45, 7) is 9.23. The van der Waals surface area contributed by atoms with Gasteiger partial charge in [-0.2, -0.15) is 0 Å². The van der Waals surface area contributed by atoms with Crippen LogP contribution in [0.1, 0.15) is 19.4 Å². The maximum atomic E-state index is 10.5. The van der Waals surface area contributed by atoms with Gasteiger partial charge in [-0.15, -0.1) is 0 Å². The average molecular weight is 314 g/mol. The number of ether oxygens (including phenoxy) is 1. The minimum atomic E-state index is -0.505. The van der Waals surface area contributed by atoms with Crippen LogP contribution in [0.2, 0.25) is 0 Å². The topological polar surface area (TPSA) is 29.5 Å².